The molecule has 136 valence electrons. The number of para-hydroxylation sites is 1. The van der Waals surface area contributed by atoms with Crippen molar-refractivity contribution in [2.45, 2.75) is 26.4 Å². The summed E-state index contributed by atoms with van der Waals surface area (Å²) in [5.41, 5.74) is 1.71. The first kappa shape index (κ1) is 19.4. The summed E-state index contributed by atoms with van der Waals surface area (Å²) in [6.45, 7) is 5.00. The number of likely N-dealkylation sites (N-methyl/N-ethyl adjacent to an activating group) is 1. The summed E-state index contributed by atoms with van der Waals surface area (Å²) in [6, 6.07) is 13.4. The molecule has 0 aliphatic rings. The summed E-state index contributed by atoms with van der Waals surface area (Å²) >= 11 is 0. The minimum atomic E-state index is -0.416. The van der Waals surface area contributed by atoms with E-state index in [0.717, 1.165) is 10.5 Å². The van der Waals surface area contributed by atoms with Gasteiger partial charge in [0.05, 0.1) is 24.9 Å². The first-order chi connectivity index (χ1) is 12.5. The molecule has 6 heteroatoms. The van der Waals surface area contributed by atoms with Crippen molar-refractivity contribution in [1.29, 1.82) is 5.26 Å². The Morgan fingerprint density at radius 1 is 1.35 bits per heavy atom. The Kier molecular flexibility index (Phi) is 6.70. The number of carbonyl (C=O) groups is 1. The zero-order valence-corrected chi connectivity index (χ0v) is 15.2. The highest BCUT2D eigenvalue weighted by Crippen LogP contribution is 2.17. The van der Waals surface area contributed by atoms with E-state index in [-0.39, 0.29) is 17.7 Å². The number of amides is 1. The number of anilines is 1. The predicted octanol–water partition coefficient (Wildman–Crippen LogP) is 2.14. The molecule has 0 aromatic heterocycles. The van der Waals surface area contributed by atoms with Crippen LogP contribution in [0.1, 0.15) is 25.0 Å². The molecule has 5 nitrogen and oxygen atoms in total. The van der Waals surface area contributed by atoms with Crippen molar-refractivity contribution in [3.05, 3.63) is 59.4 Å². The van der Waals surface area contributed by atoms with E-state index in [0.29, 0.717) is 24.3 Å². The molecule has 0 fully saturated rings. The van der Waals surface area contributed by atoms with Gasteiger partial charge in [-0.2, -0.15) is 5.26 Å². The zero-order chi connectivity index (χ0) is 19.1. The van der Waals surface area contributed by atoms with Crippen LogP contribution < -0.4 is 15.0 Å². The number of rotatable bonds is 7. The van der Waals surface area contributed by atoms with Gasteiger partial charge in [0.15, 0.2) is 17.6 Å². The summed E-state index contributed by atoms with van der Waals surface area (Å²) in [5.74, 6) is -0.398. The second-order valence-corrected chi connectivity index (χ2v) is 6.03. The Morgan fingerprint density at radius 3 is 2.69 bits per heavy atom. The van der Waals surface area contributed by atoms with Gasteiger partial charge in [0.25, 0.3) is 5.91 Å². The lowest BCUT2D eigenvalue weighted by Crippen LogP contribution is -3.15. The third-order valence-corrected chi connectivity index (χ3v) is 4.41. The van der Waals surface area contributed by atoms with Crippen LogP contribution in [0, 0.1) is 17.1 Å². The molecule has 2 atom stereocenters. The number of halogens is 1. The van der Waals surface area contributed by atoms with E-state index in [2.05, 4.69) is 11.4 Å². The van der Waals surface area contributed by atoms with Crippen LogP contribution in [-0.2, 0) is 11.3 Å². The van der Waals surface area contributed by atoms with Crippen molar-refractivity contribution < 1.29 is 18.8 Å². The molecule has 2 rings (SSSR count). The third kappa shape index (κ3) is 4.58. The van der Waals surface area contributed by atoms with E-state index < -0.39 is 5.82 Å². The van der Waals surface area contributed by atoms with Gasteiger partial charge in [-0.1, -0.05) is 12.1 Å². The first-order valence-corrected chi connectivity index (χ1v) is 8.47. The number of quaternary nitrogens is 1. The molecule has 0 aliphatic carbocycles. The molecule has 0 heterocycles. The standard InChI is InChI=1S/C20H22FN3O2/c1-4-24(13-15-9-10-19(26-3)17(21)11-15)14(2)20(25)23-18-8-6-5-7-16(18)12-22/h5-11,14H,4,13H2,1-3H3,(H,23,25)/p+1/t14-/m0/s1. The fourth-order valence-corrected chi connectivity index (χ4v) is 2.78. The largest absolute Gasteiger partial charge is 0.494 e. The fourth-order valence-electron chi connectivity index (χ4n) is 2.78. The lowest BCUT2D eigenvalue weighted by molar-refractivity contribution is -0.925. The highest BCUT2D eigenvalue weighted by molar-refractivity contribution is 5.94. The number of nitrogens with zero attached hydrogens (tertiary/aromatic N) is 1. The number of hydrogen-bond donors (Lipinski definition) is 2. The van der Waals surface area contributed by atoms with Crippen LogP contribution in [0.15, 0.2) is 42.5 Å². The van der Waals surface area contributed by atoms with E-state index >= 15 is 0 Å². The Labute approximate surface area is 153 Å². The summed E-state index contributed by atoms with van der Waals surface area (Å²) in [6.07, 6.45) is 0. The fraction of sp³-hybridized carbons (Fsp3) is 0.300. The molecule has 2 aromatic carbocycles. The topological polar surface area (TPSA) is 66.6 Å². The van der Waals surface area contributed by atoms with Crippen LogP contribution in [0.5, 0.6) is 5.75 Å². The number of carbonyl (C=O) groups excluding carboxylic acids is 1. The molecule has 26 heavy (non-hydrogen) atoms. The van der Waals surface area contributed by atoms with Crippen LogP contribution in [-0.4, -0.2) is 25.6 Å². The lowest BCUT2D eigenvalue weighted by Gasteiger charge is -2.24. The second kappa shape index (κ2) is 8.97. The van der Waals surface area contributed by atoms with Gasteiger partial charge in [-0.15, -0.1) is 0 Å². The van der Waals surface area contributed by atoms with Gasteiger partial charge < -0.3 is 15.0 Å². The van der Waals surface area contributed by atoms with Crippen molar-refractivity contribution in [2.24, 2.45) is 0 Å². The lowest BCUT2D eigenvalue weighted by atomic mass is 10.1. The summed E-state index contributed by atoms with van der Waals surface area (Å²) in [4.78, 5) is 13.6. The normalized spacial score (nSPS) is 12.7. The average molecular weight is 356 g/mol. The third-order valence-electron chi connectivity index (χ3n) is 4.41. The molecule has 0 spiro atoms. The Hall–Kier alpha value is -2.91. The van der Waals surface area contributed by atoms with Gasteiger partial charge in [0.1, 0.15) is 12.6 Å². The zero-order valence-electron chi connectivity index (χ0n) is 15.2. The minimum Gasteiger partial charge on any atom is -0.494 e. The van der Waals surface area contributed by atoms with Gasteiger partial charge in [-0.05, 0) is 44.2 Å². The quantitative estimate of drug-likeness (QED) is 0.799. The molecule has 1 unspecified atom stereocenters. The van der Waals surface area contributed by atoms with E-state index in [1.165, 1.54) is 13.2 Å². The maximum Gasteiger partial charge on any atom is 0.282 e. The molecule has 2 N–H and O–H groups in total. The summed E-state index contributed by atoms with van der Waals surface area (Å²) < 4.78 is 18.8. The molecule has 0 radical (unpaired) electrons. The van der Waals surface area contributed by atoms with Gasteiger partial charge in [-0.3, -0.25) is 4.79 Å². The van der Waals surface area contributed by atoms with Gasteiger partial charge in [0.2, 0.25) is 0 Å². The molecular formula is C20H23FN3O2+. The monoisotopic (exact) mass is 356 g/mol. The summed E-state index contributed by atoms with van der Waals surface area (Å²) in [5, 5.41) is 12.0. The van der Waals surface area contributed by atoms with Crippen LogP contribution in [0.2, 0.25) is 0 Å². The highest BCUT2D eigenvalue weighted by atomic mass is 19.1. The van der Waals surface area contributed by atoms with Gasteiger partial charge in [-0.25, -0.2) is 4.39 Å². The van der Waals surface area contributed by atoms with Crippen molar-refractivity contribution in [1.82, 2.24) is 0 Å². The predicted molar refractivity (Wildman–Crippen MR) is 97.4 cm³/mol. The SMILES string of the molecule is CC[NH+](Cc1ccc(OC)c(F)c1)[C@@H](C)C(=O)Nc1ccccc1C#N. The van der Waals surface area contributed by atoms with E-state index in [9.17, 15) is 9.18 Å². The van der Waals surface area contributed by atoms with Crippen molar-refractivity contribution in [3.63, 3.8) is 0 Å². The number of benzene rings is 2. The van der Waals surface area contributed by atoms with Crippen LogP contribution in [0.4, 0.5) is 10.1 Å². The Bertz CT molecular complexity index is 817. The number of methoxy groups -OCH3 is 1. The minimum absolute atomic E-state index is 0.182. The van der Waals surface area contributed by atoms with Crippen molar-refractivity contribution >= 4 is 11.6 Å². The maximum atomic E-state index is 13.9. The van der Waals surface area contributed by atoms with E-state index in [1.54, 1.807) is 36.4 Å². The van der Waals surface area contributed by atoms with Crippen LogP contribution in [0.3, 0.4) is 0 Å². The number of hydrogen-bond acceptors (Lipinski definition) is 3. The van der Waals surface area contributed by atoms with E-state index in [4.69, 9.17) is 10.00 Å². The molecule has 0 saturated carbocycles. The Balaban J connectivity index is 2.10. The molecule has 0 saturated heterocycles. The number of nitriles is 1. The van der Waals surface area contributed by atoms with Crippen LogP contribution >= 0.6 is 0 Å². The van der Waals surface area contributed by atoms with Crippen molar-refractivity contribution in [3.8, 4) is 11.8 Å². The van der Waals surface area contributed by atoms with Crippen molar-refractivity contribution in [2.75, 3.05) is 19.0 Å². The molecule has 0 bridgehead atoms. The van der Waals surface area contributed by atoms with Gasteiger partial charge in [0, 0.05) is 5.56 Å². The average Bonchev–Trinajstić information content (AvgIpc) is 2.66. The molecule has 0 aliphatic heterocycles. The highest BCUT2D eigenvalue weighted by Gasteiger charge is 2.25. The maximum absolute atomic E-state index is 13.9. The smallest absolute Gasteiger partial charge is 0.282 e. The molecule has 1 amide bonds. The molecule has 2 aromatic rings. The molecular weight excluding hydrogens is 333 g/mol. The Morgan fingerprint density at radius 2 is 2.08 bits per heavy atom. The van der Waals surface area contributed by atoms with Gasteiger partial charge >= 0.3 is 0 Å². The van der Waals surface area contributed by atoms with E-state index in [1.807, 2.05) is 13.8 Å². The number of ether oxygens (including phenoxy) is 1. The van der Waals surface area contributed by atoms with Crippen LogP contribution in [0.25, 0.3) is 0 Å². The second-order valence-electron chi connectivity index (χ2n) is 6.03. The first-order valence-electron chi connectivity index (χ1n) is 8.47. The summed E-state index contributed by atoms with van der Waals surface area (Å²) in [7, 11) is 1.42. The number of nitrogens with one attached hydrogen (secondary N) is 2.